The van der Waals surface area contributed by atoms with Crippen molar-refractivity contribution in [3.63, 3.8) is 0 Å². The number of nitrogens with zero attached hydrogens (tertiary/aromatic N) is 1. The molecule has 0 radical (unpaired) electrons. The number of hydrogen-bond donors (Lipinski definition) is 0. The van der Waals surface area contributed by atoms with E-state index in [1.807, 2.05) is 17.7 Å². The molecule has 0 aromatic carbocycles. The van der Waals surface area contributed by atoms with Gasteiger partial charge >= 0.3 is 5.97 Å². The zero-order valence-corrected chi connectivity index (χ0v) is 9.84. The molecule has 0 fully saturated rings. The lowest BCUT2D eigenvalue weighted by atomic mass is 10.1. The highest BCUT2D eigenvalue weighted by molar-refractivity contribution is 7.08. The number of oxazole rings is 1. The Morgan fingerprint density at radius 2 is 2.38 bits per heavy atom. The normalized spacial score (nSPS) is 10.4. The number of ether oxygens (including phenoxy) is 1. The topological polar surface area (TPSA) is 52.3 Å². The van der Waals surface area contributed by atoms with Crippen molar-refractivity contribution in [2.75, 3.05) is 6.61 Å². The van der Waals surface area contributed by atoms with E-state index in [9.17, 15) is 4.79 Å². The Labute approximate surface area is 96.9 Å². The van der Waals surface area contributed by atoms with Gasteiger partial charge in [-0.15, -0.1) is 0 Å². The van der Waals surface area contributed by atoms with Gasteiger partial charge in [-0.05, 0) is 24.8 Å². The molecule has 0 saturated heterocycles. The summed E-state index contributed by atoms with van der Waals surface area (Å²) >= 11 is 1.56. The summed E-state index contributed by atoms with van der Waals surface area (Å²) in [6, 6.07) is 0. The van der Waals surface area contributed by atoms with Crippen molar-refractivity contribution in [2.45, 2.75) is 13.8 Å². The molecule has 0 unspecified atom stereocenters. The molecule has 2 heterocycles. The lowest BCUT2D eigenvalue weighted by Crippen LogP contribution is -2.06. The third kappa shape index (κ3) is 1.86. The van der Waals surface area contributed by atoms with E-state index in [2.05, 4.69) is 4.98 Å². The third-order valence-corrected chi connectivity index (χ3v) is 3.00. The van der Waals surface area contributed by atoms with Gasteiger partial charge in [-0.1, -0.05) is 0 Å². The van der Waals surface area contributed by atoms with Gasteiger partial charge in [0.15, 0.2) is 17.8 Å². The summed E-state index contributed by atoms with van der Waals surface area (Å²) in [5.41, 5.74) is 2.20. The van der Waals surface area contributed by atoms with E-state index < -0.39 is 5.97 Å². The van der Waals surface area contributed by atoms with Crippen LogP contribution in [0.1, 0.15) is 23.0 Å². The van der Waals surface area contributed by atoms with Gasteiger partial charge in [0.1, 0.15) is 0 Å². The quantitative estimate of drug-likeness (QED) is 0.770. The molecular weight excluding hydrogens is 226 g/mol. The van der Waals surface area contributed by atoms with E-state index in [1.165, 1.54) is 6.39 Å². The molecule has 4 nitrogen and oxygen atoms in total. The summed E-state index contributed by atoms with van der Waals surface area (Å²) in [5, 5.41) is 3.92. The first-order chi connectivity index (χ1) is 7.74. The fourth-order valence-corrected chi connectivity index (χ4v) is 2.20. The molecule has 16 heavy (non-hydrogen) atoms. The van der Waals surface area contributed by atoms with Crippen molar-refractivity contribution in [2.24, 2.45) is 0 Å². The van der Waals surface area contributed by atoms with Crippen molar-refractivity contribution in [3.05, 3.63) is 28.4 Å². The number of carbonyl (C=O) groups excluding carboxylic acids is 1. The summed E-state index contributed by atoms with van der Waals surface area (Å²) in [7, 11) is 0. The Balaban J connectivity index is 2.40. The molecule has 0 atom stereocenters. The standard InChI is InChI=1S/C11H11NO3S/c1-3-14-11(13)9-10(15-6-12-9)8-5-16-4-7(8)2/h4-6H,3H2,1-2H3. The zero-order chi connectivity index (χ0) is 11.5. The van der Waals surface area contributed by atoms with Gasteiger partial charge in [-0.25, -0.2) is 9.78 Å². The molecule has 0 bridgehead atoms. The van der Waals surface area contributed by atoms with E-state index in [-0.39, 0.29) is 5.69 Å². The summed E-state index contributed by atoms with van der Waals surface area (Å²) in [6.07, 6.45) is 1.26. The molecular formula is C11H11NO3S. The molecule has 2 aromatic rings. The number of aryl methyl sites for hydroxylation is 1. The minimum absolute atomic E-state index is 0.239. The van der Waals surface area contributed by atoms with E-state index in [4.69, 9.17) is 9.15 Å². The summed E-state index contributed by atoms with van der Waals surface area (Å²) < 4.78 is 10.2. The zero-order valence-electron chi connectivity index (χ0n) is 9.02. The highest BCUT2D eigenvalue weighted by Gasteiger charge is 2.20. The van der Waals surface area contributed by atoms with E-state index >= 15 is 0 Å². The molecule has 0 spiro atoms. The molecule has 0 aliphatic heterocycles. The molecule has 0 saturated carbocycles. The van der Waals surface area contributed by atoms with Gasteiger partial charge in [-0.2, -0.15) is 11.3 Å². The van der Waals surface area contributed by atoms with Gasteiger partial charge in [0.2, 0.25) is 0 Å². The molecule has 2 rings (SSSR count). The van der Waals surface area contributed by atoms with Crippen LogP contribution in [0.2, 0.25) is 0 Å². The van der Waals surface area contributed by atoms with E-state index in [1.54, 1.807) is 18.3 Å². The first-order valence-electron chi connectivity index (χ1n) is 4.87. The van der Waals surface area contributed by atoms with Crippen molar-refractivity contribution < 1.29 is 13.9 Å². The van der Waals surface area contributed by atoms with E-state index in [0.717, 1.165) is 11.1 Å². The van der Waals surface area contributed by atoms with Crippen LogP contribution < -0.4 is 0 Å². The molecule has 0 N–H and O–H groups in total. The second-order valence-corrected chi connectivity index (χ2v) is 3.96. The number of rotatable bonds is 3. The Morgan fingerprint density at radius 3 is 3.00 bits per heavy atom. The van der Waals surface area contributed by atoms with Gasteiger partial charge < -0.3 is 9.15 Å². The molecule has 5 heteroatoms. The maximum Gasteiger partial charge on any atom is 0.360 e. The number of esters is 1. The van der Waals surface area contributed by atoms with Crippen LogP contribution >= 0.6 is 11.3 Å². The highest BCUT2D eigenvalue weighted by atomic mass is 32.1. The van der Waals surface area contributed by atoms with Gasteiger partial charge in [0, 0.05) is 10.9 Å². The lowest BCUT2D eigenvalue weighted by molar-refractivity contribution is 0.0520. The number of carbonyl (C=O) groups is 1. The maximum absolute atomic E-state index is 11.6. The minimum Gasteiger partial charge on any atom is -0.461 e. The predicted molar refractivity (Wildman–Crippen MR) is 60.5 cm³/mol. The lowest BCUT2D eigenvalue weighted by Gasteiger charge is -2.00. The Morgan fingerprint density at radius 1 is 1.56 bits per heavy atom. The second kappa shape index (κ2) is 4.49. The first-order valence-corrected chi connectivity index (χ1v) is 5.82. The number of thiophene rings is 1. The highest BCUT2D eigenvalue weighted by Crippen LogP contribution is 2.29. The third-order valence-electron chi connectivity index (χ3n) is 2.14. The van der Waals surface area contributed by atoms with Crippen LogP contribution in [0.25, 0.3) is 11.3 Å². The van der Waals surface area contributed by atoms with Crippen molar-refractivity contribution in [1.29, 1.82) is 0 Å². The number of hydrogen-bond acceptors (Lipinski definition) is 5. The largest absolute Gasteiger partial charge is 0.461 e. The fraction of sp³-hybridized carbons (Fsp3) is 0.273. The first kappa shape index (κ1) is 10.9. The van der Waals surface area contributed by atoms with Gasteiger partial charge in [0.25, 0.3) is 0 Å². The molecule has 2 aromatic heterocycles. The number of aromatic nitrogens is 1. The second-order valence-electron chi connectivity index (χ2n) is 3.22. The molecule has 0 aliphatic rings. The van der Waals surface area contributed by atoms with Crippen LogP contribution in [0.4, 0.5) is 0 Å². The van der Waals surface area contributed by atoms with E-state index in [0.29, 0.717) is 12.4 Å². The van der Waals surface area contributed by atoms with Gasteiger partial charge in [0.05, 0.1) is 6.61 Å². The maximum atomic E-state index is 11.6. The van der Waals surface area contributed by atoms with Crippen molar-refractivity contribution in [1.82, 2.24) is 4.98 Å². The summed E-state index contributed by atoms with van der Waals surface area (Å²) in [4.78, 5) is 15.5. The molecule has 84 valence electrons. The summed E-state index contributed by atoms with van der Waals surface area (Å²) in [6.45, 7) is 4.05. The van der Waals surface area contributed by atoms with Crippen LogP contribution in [-0.4, -0.2) is 17.6 Å². The van der Waals surface area contributed by atoms with Crippen molar-refractivity contribution >= 4 is 17.3 Å². The van der Waals surface area contributed by atoms with Crippen molar-refractivity contribution in [3.8, 4) is 11.3 Å². The Kier molecular flexibility index (Phi) is 3.05. The predicted octanol–water partition coefficient (Wildman–Crippen LogP) is 2.89. The van der Waals surface area contributed by atoms with Crippen LogP contribution in [0.5, 0.6) is 0 Å². The average Bonchev–Trinajstić information content (AvgIpc) is 2.85. The summed E-state index contributed by atoms with van der Waals surface area (Å²) in [5.74, 6) is 0.0362. The monoisotopic (exact) mass is 237 g/mol. The molecule has 0 amide bonds. The van der Waals surface area contributed by atoms with Crippen LogP contribution in [0, 0.1) is 6.92 Å². The molecule has 0 aliphatic carbocycles. The van der Waals surface area contributed by atoms with Crippen LogP contribution in [0.3, 0.4) is 0 Å². The SMILES string of the molecule is CCOC(=O)c1ncoc1-c1cscc1C. The van der Waals surface area contributed by atoms with Gasteiger partial charge in [-0.3, -0.25) is 0 Å². The minimum atomic E-state index is -0.447. The Hall–Kier alpha value is -1.62. The van der Waals surface area contributed by atoms with Crippen LogP contribution in [0.15, 0.2) is 21.6 Å². The smallest absolute Gasteiger partial charge is 0.360 e. The average molecular weight is 237 g/mol. The Bertz CT molecular complexity index is 501. The van der Waals surface area contributed by atoms with Crippen LogP contribution in [-0.2, 0) is 4.74 Å². The fourth-order valence-electron chi connectivity index (χ4n) is 1.38.